The Hall–Kier alpha value is -3.07. The van der Waals surface area contributed by atoms with Crippen molar-refractivity contribution in [3.05, 3.63) is 52.4 Å². The predicted molar refractivity (Wildman–Crippen MR) is 86.6 cm³/mol. The van der Waals surface area contributed by atoms with Gasteiger partial charge in [0.1, 0.15) is 17.4 Å². The number of nitriles is 1. The van der Waals surface area contributed by atoms with E-state index in [-0.39, 0.29) is 5.57 Å². The molecule has 0 aliphatic rings. The molecule has 0 aliphatic carbocycles. The van der Waals surface area contributed by atoms with Crippen LogP contribution in [0.3, 0.4) is 0 Å². The Morgan fingerprint density at radius 2 is 2.17 bits per heavy atom. The summed E-state index contributed by atoms with van der Waals surface area (Å²) in [6.07, 6.45) is 1.46. The van der Waals surface area contributed by atoms with Crippen LogP contribution in [0.15, 0.2) is 29.8 Å². The molecule has 23 heavy (non-hydrogen) atoms. The number of methoxy groups -OCH3 is 1. The number of carbonyl (C=O) groups is 1. The summed E-state index contributed by atoms with van der Waals surface area (Å²) < 4.78 is 7.25. The number of rotatable bonds is 5. The summed E-state index contributed by atoms with van der Waals surface area (Å²) in [7, 11) is 1.60. The molecule has 1 amide bonds. The minimum Gasteiger partial charge on any atom is -0.496 e. The molecule has 6 nitrogen and oxygen atoms in total. The monoisotopic (exact) mass is 310 g/mol. The van der Waals surface area contributed by atoms with Crippen LogP contribution in [-0.4, -0.2) is 22.8 Å². The van der Waals surface area contributed by atoms with Gasteiger partial charge < -0.3 is 10.5 Å². The molecule has 0 aliphatic heterocycles. The van der Waals surface area contributed by atoms with Gasteiger partial charge in [-0.2, -0.15) is 10.4 Å². The van der Waals surface area contributed by atoms with E-state index in [0.717, 1.165) is 17.0 Å². The Bertz CT molecular complexity index is 812. The summed E-state index contributed by atoms with van der Waals surface area (Å²) in [5, 5.41) is 13.4. The normalized spacial score (nSPS) is 11.1. The van der Waals surface area contributed by atoms with E-state index in [1.807, 2.05) is 30.7 Å². The molecule has 118 valence electrons. The number of hydrogen-bond donors (Lipinski definition) is 1. The molecular weight excluding hydrogens is 292 g/mol. The standard InChI is InChI=1S/C17H18N4O2/c1-11-6-12(2)21(20-11)10-15-8-13(4-5-16(15)23-3)7-14(9-18)17(19)22/h4-8H,10H2,1-3H3,(H2,19,22). The van der Waals surface area contributed by atoms with Gasteiger partial charge in [-0.15, -0.1) is 0 Å². The van der Waals surface area contributed by atoms with Crippen molar-refractivity contribution in [2.24, 2.45) is 5.73 Å². The van der Waals surface area contributed by atoms with E-state index in [1.165, 1.54) is 6.08 Å². The number of primary amides is 1. The fourth-order valence-corrected chi connectivity index (χ4v) is 2.33. The molecule has 0 bridgehead atoms. The zero-order valence-corrected chi connectivity index (χ0v) is 13.3. The van der Waals surface area contributed by atoms with Crippen molar-refractivity contribution in [3.8, 4) is 11.8 Å². The van der Waals surface area contributed by atoms with Crippen LogP contribution in [-0.2, 0) is 11.3 Å². The first-order valence-electron chi connectivity index (χ1n) is 7.04. The molecular formula is C17H18N4O2. The number of benzene rings is 1. The van der Waals surface area contributed by atoms with Gasteiger partial charge in [0.15, 0.2) is 0 Å². The second-order valence-electron chi connectivity index (χ2n) is 5.19. The number of nitrogens with zero attached hydrogens (tertiary/aromatic N) is 3. The number of amides is 1. The van der Waals surface area contributed by atoms with Crippen molar-refractivity contribution in [1.29, 1.82) is 5.26 Å². The van der Waals surface area contributed by atoms with E-state index in [4.69, 9.17) is 15.7 Å². The number of carbonyl (C=O) groups excluding carboxylic acids is 1. The Balaban J connectivity index is 2.42. The van der Waals surface area contributed by atoms with Crippen LogP contribution in [0, 0.1) is 25.2 Å². The average Bonchev–Trinajstić information content (AvgIpc) is 2.82. The molecule has 0 saturated heterocycles. The van der Waals surface area contributed by atoms with Crippen molar-refractivity contribution in [1.82, 2.24) is 9.78 Å². The Labute approximate surface area is 134 Å². The van der Waals surface area contributed by atoms with Crippen LogP contribution in [0.5, 0.6) is 5.75 Å². The third-order valence-corrected chi connectivity index (χ3v) is 3.42. The lowest BCUT2D eigenvalue weighted by Gasteiger charge is -2.11. The van der Waals surface area contributed by atoms with Crippen molar-refractivity contribution < 1.29 is 9.53 Å². The maximum Gasteiger partial charge on any atom is 0.259 e. The Morgan fingerprint density at radius 1 is 1.43 bits per heavy atom. The summed E-state index contributed by atoms with van der Waals surface area (Å²) in [6, 6.07) is 9.21. The molecule has 0 spiro atoms. The molecule has 0 atom stereocenters. The molecule has 1 aromatic heterocycles. The Kier molecular flexibility index (Phi) is 4.82. The SMILES string of the molecule is COc1ccc(C=C(C#N)C(N)=O)cc1Cn1nc(C)cc1C. The molecule has 1 aromatic carbocycles. The van der Waals surface area contributed by atoms with Crippen LogP contribution in [0.2, 0.25) is 0 Å². The van der Waals surface area contributed by atoms with Crippen molar-refractivity contribution in [3.63, 3.8) is 0 Å². The van der Waals surface area contributed by atoms with E-state index >= 15 is 0 Å². The van der Waals surface area contributed by atoms with E-state index in [2.05, 4.69) is 5.10 Å². The summed E-state index contributed by atoms with van der Waals surface area (Å²) in [5.41, 5.74) is 8.66. The van der Waals surface area contributed by atoms with Gasteiger partial charge in [-0.25, -0.2) is 0 Å². The zero-order chi connectivity index (χ0) is 17.0. The van der Waals surface area contributed by atoms with Crippen LogP contribution < -0.4 is 10.5 Å². The summed E-state index contributed by atoms with van der Waals surface area (Å²) in [6.45, 7) is 4.45. The second kappa shape index (κ2) is 6.79. The highest BCUT2D eigenvalue weighted by Crippen LogP contribution is 2.23. The largest absolute Gasteiger partial charge is 0.496 e. The molecule has 0 unspecified atom stereocenters. The van der Waals surface area contributed by atoms with Crippen molar-refractivity contribution in [2.45, 2.75) is 20.4 Å². The third kappa shape index (κ3) is 3.77. The molecule has 6 heteroatoms. The molecule has 2 rings (SSSR count). The van der Waals surface area contributed by atoms with E-state index < -0.39 is 5.91 Å². The van der Waals surface area contributed by atoms with Gasteiger partial charge in [-0.05, 0) is 43.7 Å². The fourth-order valence-electron chi connectivity index (χ4n) is 2.33. The van der Waals surface area contributed by atoms with Crippen LogP contribution in [0.4, 0.5) is 0 Å². The van der Waals surface area contributed by atoms with Gasteiger partial charge in [0.2, 0.25) is 0 Å². The highest BCUT2D eigenvalue weighted by molar-refractivity contribution is 6.00. The van der Waals surface area contributed by atoms with Gasteiger partial charge in [-0.3, -0.25) is 9.48 Å². The van der Waals surface area contributed by atoms with Gasteiger partial charge in [0.25, 0.3) is 5.91 Å². The summed E-state index contributed by atoms with van der Waals surface area (Å²) in [5.74, 6) is -0.0318. The van der Waals surface area contributed by atoms with E-state index in [9.17, 15) is 4.79 Å². The zero-order valence-electron chi connectivity index (χ0n) is 13.3. The molecule has 2 N–H and O–H groups in total. The smallest absolute Gasteiger partial charge is 0.259 e. The lowest BCUT2D eigenvalue weighted by molar-refractivity contribution is -0.114. The van der Waals surface area contributed by atoms with E-state index in [0.29, 0.717) is 17.9 Å². The highest BCUT2D eigenvalue weighted by atomic mass is 16.5. The molecule has 0 fully saturated rings. The Morgan fingerprint density at radius 3 is 2.70 bits per heavy atom. The predicted octanol–water partition coefficient (Wildman–Crippen LogP) is 1.95. The number of ether oxygens (including phenoxy) is 1. The first-order valence-corrected chi connectivity index (χ1v) is 7.04. The first-order chi connectivity index (χ1) is 10.9. The van der Waals surface area contributed by atoms with Crippen molar-refractivity contribution >= 4 is 12.0 Å². The van der Waals surface area contributed by atoms with Gasteiger partial charge in [-0.1, -0.05) is 6.07 Å². The van der Waals surface area contributed by atoms with Gasteiger partial charge in [0.05, 0.1) is 19.3 Å². The molecule has 0 saturated carbocycles. The highest BCUT2D eigenvalue weighted by Gasteiger charge is 2.09. The van der Waals surface area contributed by atoms with Crippen molar-refractivity contribution in [2.75, 3.05) is 7.11 Å². The van der Waals surface area contributed by atoms with Crippen LogP contribution in [0.1, 0.15) is 22.5 Å². The van der Waals surface area contributed by atoms with E-state index in [1.54, 1.807) is 25.3 Å². The average molecular weight is 310 g/mol. The lowest BCUT2D eigenvalue weighted by Crippen LogP contribution is -2.12. The first kappa shape index (κ1) is 16.3. The quantitative estimate of drug-likeness (QED) is 0.674. The number of hydrogen-bond acceptors (Lipinski definition) is 4. The molecule has 2 aromatic rings. The maximum atomic E-state index is 11.2. The summed E-state index contributed by atoms with van der Waals surface area (Å²) in [4.78, 5) is 11.2. The number of aryl methyl sites for hydroxylation is 2. The lowest BCUT2D eigenvalue weighted by atomic mass is 10.1. The minimum absolute atomic E-state index is 0.0905. The number of aromatic nitrogens is 2. The molecule has 0 radical (unpaired) electrons. The third-order valence-electron chi connectivity index (χ3n) is 3.42. The second-order valence-corrected chi connectivity index (χ2v) is 5.19. The van der Waals surface area contributed by atoms with Gasteiger partial charge in [0, 0.05) is 11.3 Å². The number of nitrogens with two attached hydrogens (primary N) is 1. The summed E-state index contributed by atoms with van der Waals surface area (Å²) >= 11 is 0. The minimum atomic E-state index is -0.747. The van der Waals surface area contributed by atoms with Gasteiger partial charge >= 0.3 is 0 Å². The molecule has 1 heterocycles. The van der Waals surface area contributed by atoms with Crippen LogP contribution >= 0.6 is 0 Å². The van der Waals surface area contributed by atoms with Crippen LogP contribution in [0.25, 0.3) is 6.08 Å². The topological polar surface area (TPSA) is 93.9 Å². The maximum absolute atomic E-state index is 11.2. The fraction of sp³-hybridized carbons (Fsp3) is 0.235.